The Hall–Kier alpha value is -3.71. The lowest BCUT2D eigenvalue weighted by atomic mass is 10.0. The highest BCUT2D eigenvalue weighted by Crippen LogP contribution is 2.29. The van der Waals surface area contributed by atoms with Crippen LogP contribution in [0.3, 0.4) is 0 Å². The van der Waals surface area contributed by atoms with Crippen molar-refractivity contribution in [3.05, 3.63) is 83.4 Å². The van der Waals surface area contributed by atoms with Crippen molar-refractivity contribution < 1.29 is 9.53 Å². The molecule has 0 aliphatic carbocycles. The lowest BCUT2D eigenvalue weighted by Gasteiger charge is -2.06. The summed E-state index contributed by atoms with van der Waals surface area (Å²) in [5.74, 6) is 0.323. The Bertz CT molecular complexity index is 1770. The molecule has 31 heavy (non-hydrogen) atoms. The molecule has 0 aliphatic heterocycles. The van der Waals surface area contributed by atoms with Crippen LogP contribution in [0, 0.1) is 0 Å². The predicted octanol–water partition coefficient (Wildman–Crippen LogP) is 3.04. The number of carbonyl (C=O) groups excluding carboxylic acids is 1. The van der Waals surface area contributed by atoms with Gasteiger partial charge < -0.3 is 4.74 Å². The normalized spacial score (nSPS) is 11.6. The Morgan fingerprint density at radius 3 is 1.94 bits per heavy atom. The van der Waals surface area contributed by atoms with Crippen LogP contribution in [-0.2, 0) is 4.79 Å². The topological polar surface area (TPSA) is 94.6 Å². The minimum Gasteiger partial charge on any atom is -0.493 e. The molecule has 1 heterocycles. The number of rotatable bonds is 4. The zero-order valence-corrected chi connectivity index (χ0v) is 17.1. The molecule has 0 unspecified atom stereocenters. The number of ether oxygens (including phenoxy) is 1. The fourth-order valence-corrected chi connectivity index (χ4v) is 5.09. The third kappa shape index (κ3) is 2.81. The number of ketones is 1. The van der Waals surface area contributed by atoms with E-state index in [0.717, 1.165) is 11.3 Å². The fraction of sp³-hybridized carbons (Fsp3) is 0.125. The van der Waals surface area contributed by atoms with Crippen LogP contribution in [0.25, 0.3) is 41.7 Å². The van der Waals surface area contributed by atoms with E-state index in [0.29, 0.717) is 5.75 Å². The molecule has 0 atom stereocenters. The zero-order chi connectivity index (χ0) is 21.9. The van der Waals surface area contributed by atoms with Gasteiger partial charge in [0.25, 0.3) is 0 Å². The number of hydrogen-bond acceptors (Lipinski definition) is 7. The predicted molar refractivity (Wildman–Crippen MR) is 123 cm³/mol. The lowest BCUT2D eigenvalue weighted by molar-refractivity contribution is -0.117. The lowest BCUT2D eigenvalue weighted by Crippen LogP contribution is -2.15. The summed E-state index contributed by atoms with van der Waals surface area (Å²) in [6.45, 7) is 1.61. The standard InChI is InChI=1S/C24H14O6S/c1-11(25)8-9-30-12-6-7-15-16(10-12)20(27)18-17-19(26)13-4-2-3-5-14(13)21(28)23(17)31-24(18)22(15)29/h2-7,10H,8-9H2,1H3. The van der Waals surface area contributed by atoms with E-state index in [1.54, 1.807) is 30.3 Å². The Kier molecular flexibility index (Phi) is 4.30. The van der Waals surface area contributed by atoms with Gasteiger partial charge in [0.15, 0.2) is 10.9 Å². The number of benzene rings is 4. The van der Waals surface area contributed by atoms with Crippen LogP contribution in [0.5, 0.6) is 5.75 Å². The summed E-state index contributed by atoms with van der Waals surface area (Å²) >= 11 is 0.900. The molecule has 0 aliphatic rings. The quantitative estimate of drug-likeness (QED) is 0.435. The smallest absolute Gasteiger partial charge is 0.204 e. The SMILES string of the molecule is CC(=O)CCOc1ccc2c(=O)c3sc4c(=O)c5ccccc5c(=O)c4c3c(=O)c2c1. The molecule has 0 amide bonds. The first kappa shape index (κ1) is 19.3. The van der Waals surface area contributed by atoms with Crippen molar-refractivity contribution in [2.75, 3.05) is 6.61 Å². The number of thiophene rings is 1. The Labute approximate surface area is 177 Å². The highest BCUT2D eigenvalue weighted by atomic mass is 32.1. The maximum Gasteiger partial charge on any atom is 0.204 e. The molecule has 0 fully saturated rings. The minimum absolute atomic E-state index is 0.00811. The zero-order valence-electron chi connectivity index (χ0n) is 16.3. The van der Waals surface area contributed by atoms with Crippen molar-refractivity contribution >= 4 is 58.8 Å². The summed E-state index contributed by atoms with van der Waals surface area (Å²) in [4.78, 5) is 63.7. The molecule has 5 rings (SSSR count). The van der Waals surface area contributed by atoms with E-state index in [9.17, 15) is 24.0 Å². The molecule has 5 aromatic rings. The van der Waals surface area contributed by atoms with E-state index in [4.69, 9.17) is 4.74 Å². The Morgan fingerprint density at radius 2 is 1.32 bits per heavy atom. The summed E-state index contributed by atoms with van der Waals surface area (Å²) in [5.41, 5.74) is -1.67. The van der Waals surface area contributed by atoms with Gasteiger partial charge in [-0.1, -0.05) is 24.3 Å². The van der Waals surface area contributed by atoms with E-state index < -0.39 is 16.3 Å². The van der Waals surface area contributed by atoms with Gasteiger partial charge in [0.05, 0.1) is 26.8 Å². The molecule has 152 valence electrons. The molecule has 0 saturated carbocycles. The van der Waals surface area contributed by atoms with Crippen molar-refractivity contribution in [2.24, 2.45) is 0 Å². The van der Waals surface area contributed by atoms with Crippen LogP contribution in [0.15, 0.2) is 61.6 Å². The monoisotopic (exact) mass is 430 g/mol. The molecule has 1 aromatic heterocycles. The van der Waals surface area contributed by atoms with Crippen molar-refractivity contribution in [2.45, 2.75) is 13.3 Å². The molecule has 7 heteroatoms. The first-order chi connectivity index (χ1) is 14.9. The molecule has 0 bridgehead atoms. The molecular formula is C24H14O6S. The maximum absolute atomic E-state index is 13.4. The van der Waals surface area contributed by atoms with Gasteiger partial charge in [0.1, 0.15) is 11.5 Å². The van der Waals surface area contributed by atoms with Crippen molar-refractivity contribution in [1.82, 2.24) is 0 Å². The number of Topliss-reactive ketones (excluding diaryl/α,β-unsaturated/α-hetero) is 1. The molecule has 4 aromatic carbocycles. The van der Waals surface area contributed by atoms with Gasteiger partial charge in [-0.15, -0.1) is 11.3 Å². The van der Waals surface area contributed by atoms with E-state index in [1.807, 2.05) is 0 Å². The molecule has 6 nitrogen and oxygen atoms in total. The van der Waals surface area contributed by atoms with Crippen LogP contribution in [-0.4, -0.2) is 12.4 Å². The van der Waals surface area contributed by atoms with E-state index in [-0.39, 0.29) is 66.0 Å². The van der Waals surface area contributed by atoms with Gasteiger partial charge in [0.2, 0.25) is 10.9 Å². The van der Waals surface area contributed by atoms with Gasteiger partial charge in [-0.2, -0.15) is 0 Å². The van der Waals surface area contributed by atoms with Crippen LogP contribution in [0.1, 0.15) is 13.3 Å². The second-order valence-corrected chi connectivity index (χ2v) is 8.40. The second-order valence-electron chi connectivity index (χ2n) is 7.38. The molecule has 0 N–H and O–H groups in total. The molecular weight excluding hydrogens is 416 g/mol. The van der Waals surface area contributed by atoms with Crippen LogP contribution in [0.2, 0.25) is 0 Å². The summed E-state index contributed by atoms with van der Waals surface area (Å²) in [6, 6.07) is 11.0. The van der Waals surface area contributed by atoms with Gasteiger partial charge in [-0.05, 0) is 25.1 Å². The first-order valence-corrected chi connectivity index (χ1v) is 10.4. The molecule has 0 saturated heterocycles. The summed E-state index contributed by atoms with van der Waals surface area (Å²) in [7, 11) is 0. The summed E-state index contributed by atoms with van der Waals surface area (Å²) in [5, 5.41) is 0.830. The van der Waals surface area contributed by atoms with Crippen molar-refractivity contribution in [1.29, 1.82) is 0 Å². The third-order valence-corrected chi connectivity index (χ3v) is 6.58. The van der Waals surface area contributed by atoms with Gasteiger partial charge in [-0.25, -0.2) is 0 Å². The van der Waals surface area contributed by atoms with E-state index in [2.05, 4.69) is 0 Å². The average Bonchev–Trinajstić information content (AvgIpc) is 3.17. The molecule has 0 spiro atoms. The van der Waals surface area contributed by atoms with Crippen molar-refractivity contribution in [3.8, 4) is 5.75 Å². The van der Waals surface area contributed by atoms with Crippen LogP contribution < -0.4 is 26.5 Å². The van der Waals surface area contributed by atoms with E-state index >= 15 is 0 Å². The fourth-order valence-electron chi connectivity index (χ4n) is 3.89. The van der Waals surface area contributed by atoms with Gasteiger partial charge in [0, 0.05) is 28.0 Å². The number of fused-ring (bicyclic) bond motifs is 5. The second kappa shape index (κ2) is 6.92. The Balaban J connectivity index is 1.88. The van der Waals surface area contributed by atoms with Crippen LogP contribution >= 0.6 is 11.3 Å². The van der Waals surface area contributed by atoms with E-state index in [1.165, 1.54) is 19.1 Å². The average molecular weight is 430 g/mol. The minimum atomic E-state index is -0.486. The Morgan fingerprint density at radius 1 is 0.774 bits per heavy atom. The number of carbonyl (C=O) groups is 1. The van der Waals surface area contributed by atoms with Crippen LogP contribution in [0.4, 0.5) is 0 Å². The van der Waals surface area contributed by atoms with Gasteiger partial charge in [-0.3, -0.25) is 24.0 Å². The summed E-state index contributed by atoms with van der Waals surface area (Å²) < 4.78 is 5.77. The highest BCUT2D eigenvalue weighted by molar-refractivity contribution is 7.25. The number of hydrogen-bond donors (Lipinski definition) is 0. The highest BCUT2D eigenvalue weighted by Gasteiger charge is 2.22. The van der Waals surface area contributed by atoms with Crippen molar-refractivity contribution in [3.63, 3.8) is 0 Å². The molecule has 0 radical (unpaired) electrons. The maximum atomic E-state index is 13.4. The van der Waals surface area contributed by atoms with Gasteiger partial charge >= 0.3 is 0 Å². The largest absolute Gasteiger partial charge is 0.493 e. The third-order valence-electron chi connectivity index (χ3n) is 5.39. The summed E-state index contributed by atoms with van der Waals surface area (Å²) in [6.07, 6.45) is 0.224. The first-order valence-electron chi connectivity index (χ1n) is 9.59.